The summed E-state index contributed by atoms with van der Waals surface area (Å²) in [7, 11) is 0. The zero-order chi connectivity index (χ0) is 11.5. The van der Waals surface area contributed by atoms with Crippen LogP contribution in [-0.4, -0.2) is 15.0 Å². The third kappa shape index (κ3) is 2.67. The lowest BCUT2D eigenvalue weighted by Crippen LogP contribution is -2.04. The van der Waals surface area contributed by atoms with Gasteiger partial charge in [-0.3, -0.25) is 0 Å². The van der Waals surface area contributed by atoms with Gasteiger partial charge in [0.05, 0.1) is 11.0 Å². The van der Waals surface area contributed by atoms with Crippen LogP contribution in [0.25, 0.3) is 0 Å². The monoisotopic (exact) mass is 299 g/mol. The summed E-state index contributed by atoms with van der Waals surface area (Å²) in [6, 6.07) is 0. The Bertz CT molecular complexity index is 498. The number of nitrogens with one attached hydrogen (secondary N) is 1. The number of hydrogen-bond acceptors (Lipinski definition) is 6. The number of halogens is 1. The molecule has 0 aromatic carbocycles. The van der Waals surface area contributed by atoms with Gasteiger partial charge in [0.25, 0.3) is 0 Å². The summed E-state index contributed by atoms with van der Waals surface area (Å²) >= 11 is 4.96. The van der Waals surface area contributed by atoms with Gasteiger partial charge in [-0.05, 0) is 22.9 Å². The highest BCUT2D eigenvalue weighted by Crippen LogP contribution is 2.20. The van der Waals surface area contributed by atoms with Crippen LogP contribution in [0.2, 0.25) is 0 Å². The molecule has 0 aliphatic carbocycles. The molecule has 84 valence electrons. The standard InChI is InChI=1S/C9H10BrN5S/c1-5-4-16-7(14-5)3-12-8-6(10)2-13-9(11)15-8/h2,4H,3H2,1H3,(H3,11,12,13,15). The molecule has 2 aromatic rings. The molecule has 7 heteroatoms. The molecule has 2 heterocycles. The van der Waals surface area contributed by atoms with E-state index in [4.69, 9.17) is 5.73 Å². The Morgan fingerprint density at radius 2 is 2.31 bits per heavy atom. The fraction of sp³-hybridized carbons (Fsp3) is 0.222. The maximum Gasteiger partial charge on any atom is 0.221 e. The second kappa shape index (κ2) is 4.75. The molecule has 2 rings (SSSR count). The highest BCUT2D eigenvalue weighted by Gasteiger charge is 2.04. The van der Waals surface area contributed by atoms with E-state index in [0.29, 0.717) is 12.4 Å². The minimum absolute atomic E-state index is 0.251. The van der Waals surface area contributed by atoms with E-state index in [9.17, 15) is 0 Å². The van der Waals surface area contributed by atoms with Gasteiger partial charge in [-0.15, -0.1) is 11.3 Å². The van der Waals surface area contributed by atoms with Gasteiger partial charge in [0.2, 0.25) is 5.95 Å². The Labute approximate surface area is 105 Å². The van der Waals surface area contributed by atoms with E-state index in [1.807, 2.05) is 12.3 Å². The van der Waals surface area contributed by atoms with E-state index in [1.54, 1.807) is 17.5 Å². The number of rotatable bonds is 3. The first-order valence-electron chi connectivity index (χ1n) is 4.58. The molecule has 16 heavy (non-hydrogen) atoms. The number of anilines is 2. The van der Waals surface area contributed by atoms with Gasteiger partial charge in [0, 0.05) is 17.3 Å². The van der Waals surface area contributed by atoms with Crippen molar-refractivity contribution in [2.24, 2.45) is 0 Å². The van der Waals surface area contributed by atoms with Crippen LogP contribution in [0.5, 0.6) is 0 Å². The Kier molecular flexibility index (Phi) is 3.35. The lowest BCUT2D eigenvalue weighted by molar-refractivity contribution is 1.04. The van der Waals surface area contributed by atoms with E-state index in [1.165, 1.54) is 0 Å². The summed E-state index contributed by atoms with van der Waals surface area (Å²) in [5, 5.41) is 6.18. The zero-order valence-electron chi connectivity index (χ0n) is 8.57. The molecule has 3 N–H and O–H groups in total. The first kappa shape index (κ1) is 11.3. The van der Waals surface area contributed by atoms with E-state index in [0.717, 1.165) is 15.2 Å². The van der Waals surface area contributed by atoms with Crippen molar-refractivity contribution < 1.29 is 0 Å². The van der Waals surface area contributed by atoms with Gasteiger partial charge in [0.15, 0.2) is 0 Å². The number of nitrogens with zero attached hydrogens (tertiary/aromatic N) is 3. The number of thiazole rings is 1. The predicted octanol–water partition coefficient (Wildman–Crippen LogP) is 2.20. The molecule has 2 aromatic heterocycles. The van der Waals surface area contributed by atoms with Crippen molar-refractivity contribution in [3.8, 4) is 0 Å². The average Bonchev–Trinajstić information content (AvgIpc) is 2.66. The molecule has 0 saturated carbocycles. The largest absolute Gasteiger partial charge is 0.368 e. The van der Waals surface area contributed by atoms with Crippen LogP contribution in [-0.2, 0) is 6.54 Å². The molecule has 0 saturated heterocycles. The summed E-state index contributed by atoms with van der Waals surface area (Å²) in [5.41, 5.74) is 6.54. The molecule has 0 atom stereocenters. The Hall–Kier alpha value is -1.21. The zero-order valence-corrected chi connectivity index (χ0v) is 11.0. The van der Waals surface area contributed by atoms with E-state index in [-0.39, 0.29) is 5.95 Å². The molecule has 0 aliphatic rings. The minimum Gasteiger partial charge on any atom is -0.368 e. The van der Waals surface area contributed by atoms with Crippen LogP contribution in [0, 0.1) is 6.92 Å². The molecule has 0 spiro atoms. The molecule has 0 bridgehead atoms. The third-order valence-electron chi connectivity index (χ3n) is 1.84. The molecule has 0 radical (unpaired) electrons. The van der Waals surface area contributed by atoms with E-state index < -0.39 is 0 Å². The summed E-state index contributed by atoms with van der Waals surface area (Å²) in [5.74, 6) is 0.932. The smallest absolute Gasteiger partial charge is 0.221 e. The van der Waals surface area contributed by atoms with Crippen LogP contribution < -0.4 is 11.1 Å². The molecule has 0 unspecified atom stereocenters. The normalized spacial score (nSPS) is 10.4. The Morgan fingerprint density at radius 3 is 3.00 bits per heavy atom. The van der Waals surface area contributed by atoms with Crippen molar-refractivity contribution >= 4 is 39.0 Å². The molecule has 0 amide bonds. The van der Waals surface area contributed by atoms with Gasteiger partial charge in [-0.1, -0.05) is 0 Å². The van der Waals surface area contributed by atoms with Gasteiger partial charge in [-0.2, -0.15) is 4.98 Å². The van der Waals surface area contributed by atoms with Crippen LogP contribution in [0.3, 0.4) is 0 Å². The average molecular weight is 300 g/mol. The summed E-state index contributed by atoms with van der Waals surface area (Å²) in [6.45, 7) is 2.60. The van der Waals surface area contributed by atoms with Crippen molar-refractivity contribution in [2.75, 3.05) is 11.1 Å². The second-order valence-electron chi connectivity index (χ2n) is 3.16. The molecule has 0 aliphatic heterocycles. The first-order valence-corrected chi connectivity index (χ1v) is 6.25. The molecule has 5 nitrogen and oxygen atoms in total. The molecular weight excluding hydrogens is 290 g/mol. The SMILES string of the molecule is Cc1csc(CNc2nc(N)ncc2Br)n1. The van der Waals surface area contributed by atoms with Crippen LogP contribution >= 0.6 is 27.3 Å². The summed E-state index contributed by atoms with van der Waals surface area (Å²) < 4.78 is 0.787. The topological polar surface area (TPSA) is 76.7 Å². The first-order chi connectivity index (χ1) is 7.65. The van der Waals surface area contributed by atoms with Gasteiger partial charge in [-0.25, -0.2) is 9.97 Å². The van der Waals surface area contributed by atoms with Crippen molar-refractivity contribution in [1.82, 2.24) is 15.0 Å². The minimum atomic E-state index is 0.251. The maximum absolute atomic E-state index is 5.50. The van der Waals surface area contributed by atoms with Gasteiger partial charge >= 0.3 is 0 Å². The Morgan fingerprint density at radius 1 is 1.50 bits per heavy atom. The number of nitrogens with two attached hydrogens (primary N) is 1. The van der Waals surface area contributed by atoms with Crippen molar-refractivity contribution in [3.05, 3.63) is 26.8 Å². The number of hydrogen-bond donors (Lipinski definition) is 2. The Balaban J connectivity index is 2.07. The lowest BCUT2D eigenvalue weighted by Gasteiger charge is -2.05. The fourth-order valence-corrected chi connectivity index (χ4v) is 2.19. The van der Waals surface area contributed by atoms with Crippen LogP contribution in [0.1, 0.15) is 10.7 Å². The number of aromatic nitrogens is 3. The van der Waals surface area contributed by atoms with Crippen LogP contribution in [0.15, 0.2) is 16.0 Å². The predicted molar refractivity (Wildman–Crippen MR) is 68.3 cm³/mol. The quantitative estimate of drug-likeness (QED) is 0.908. The van der Waals surface area contributed by atoms with Gasteiger partial charge in [0.1, 0.15) is 10.8 Å². The molecule has 0 fully saturated rings. The third-order valence-corrected chi connectivity index (χ3v) is 3.38. The van der Waals surface area contributed by atoms with Crippen molar-refractivity contribution in [3.63, 3.8) is 0 Å². The highest BCUT2D eigenvalue weighted by molar-refractivity contribution is 9.10. The highest BCUT2D eigenvalue weighted by atomic mass is 79.9. The van der Waals surface area contributed by atoms with Crippen molar-refractivity contribution in [2.45, 2.75) is 13.5 Å². The van der Waals surface area contributed by atoms with E-state index >= 15 is 0 Å². The number of nitrogen functional groups attached to an aromatic ring is 1. The number of aryl methyl sites for hydroxylation is 1. The fourth-order valence-electron chi connectivity index (χ4n) is 1.15. The van der Waals surface area contributed by atoms with Gasteiger partial charge < -0.3 is 11.1 Å². The second-order valence-corrected chi connectivity index (χ2v) is 4.96. The molecular formula is C9H10BrN5S. The summed E-state index contributed by atoms with van der Waals surface area (Å²) in [6.07, 6.45) is 1.62. The van der Waals surface area contributed by atoms with Crippen LogP contribution in [0.4, 0.5) is 11.8 Å². The lowest BCUT2D eigenvalue weighted by atomic mass is 10.5. The van der Waals surface area contributed by atoms with Crippen molar-refractivity contribution in [1.29, 1.82) is 0 Å². The maximum atomic E-state index is 5.50. The van der Waals surface area contributed by atoms with E-state index in [2.05, 4.69) is 36.2 Å². The summed E-state index contributed by atoms with van der Waals surface area (Å²) in [4.78, 5) is 12.3.